The van der Waals surface area contributed by atoms with Crippen molar-refractivity contribution in [3.8, 4) is 10.4 Å². The Labute approximate surface area is 122 Å². The number of hydrogen-bond acceptors (Lipinski definition) is 2. The molecule has 0 aliphatic rings. The molecule has 3 rings (SSSR count). The number of pyridine rings is 1. The number of H-pyrrole nitrogens is 1. The molecule has 0 saturated carbocycles. The van der Waals surface area contributed by atoms with Crippen LogP contribution < -0.4 is 5.43 Å². The monoisotopic (exact) mass is 283 g/mol. The Kier molecular flexibility index (Phi) is 3.22. The summed E-state index contributed by atoms with van der Waals surface area (Å²) < 4.78 is 0. The molecule has 0 fully saturated rings. The summed E-state index contributed by atoms with van der Waals surface area (Å²) in [6.07, 6.45) is 1.86. The highest BCUT2D eigenvalue weighted by molar-refractivity contribution is 7.22. The second-order valence-electron chi connectivity index (χ2n) is 5.35. The average molecular weight is 283 g/mol. The Morgan fingerprint density at radius 2 is 1.85 bits per heavy atom. The predicted molar refractivity (Wildman–Crippen MR) is 86.7 cm³/mol. The molecule has 1 N–H and O–H groups in total. The predicted octanol–water partition coefficient (Wildman–Crippen LogP) is 4.69. The summed E-state index contributed by atoms with van der Waals surface area (Å²) in [6.45, 7) is 6.15. The number of rotatable bonds is 2. The van der Waals surface area contributed by atoms with Crippen LogP contribution >= 0.6 is 11.3 Å². The molecular formula is C17H17NOS. The Hall–Kier alpha value is -1.87. The summed E-state index contributed by atoms with van der Waals surface area (Å²) in [5, 5.41) is 0.847. The highest BCUT2D eigenvalue weighted by Gasteiger charge is 2.16. The normalized spacial score (nSPS) is 11.4. The van der Waals surface area contributed by atoms with Gasteiger partial charge in [-0.15, -0.1) is 11.3 Å². The maximum absolute atomic E-state index is 12.6. The number of benzene rings is 1. The molecule has 0 unspecified atom stereocenters. The van der Waals surface area contributed by atoms with Crippen molar-refractivity contribution in [2.45, 2.75) is 26.7 Å². The van der Waals surface area contributed by atoms with E-state index >= 15 is 0 Å². The molecule has 0 spiro atoms. The van der Waals surface area contributed by atoms with Gasteiger partial charge in [0.1, 0.15) is 4.83 Å². The highest BCUT2D eigenvalue weighted by Crippen LogP contribution is 2.35. The molecule has 2 nitrogen and oxygen atoms in total. The first kappa shape index (κ1) is 13.1. The Morgan fingerprint density at radius 3 is 2.50 bits per heavy atom. The molecule has 20 heavy (non-hydrogen) atoms. The molecular weight excluding hydrogens is 266 g/mol. The number of thiophene rings is 1. The Bertz CT molecular complexity index is 812. The van der Waals surface area contributed by atoms with E-state index in [-0.39, 0.29) is 11.3 Å². The number of nitrogens with one attached hydrogen (secondary N) is 1. The van der Waals surface area contributed by atoms with E-state index in [2.05, 4.69) is 31.0 Å². The highest BCUT2D eigenvalue weighted by atomic mass is 32.1. The van der Waals surface area contributed by atoms with Crippen molar-refractivity contribution in [2.24, 2.45) is 0 Å². The van der Waals surface area contributed by atoms with Gasteiger partial charge in [0.25, 0.3) is 0 Å². The standard InChI is InChI=1S/C17H17NOS/c1-10(2)13-9-18-17-14(15(13)19)11(3)16(20-17)12-7-5-4-6-8-12/h4-10H,1-3H3,(H,18,19). The van der Waals surface area contributed by atoms with Crippen molar-refractivity contribution in [3.63, 3.8) is 0 Å². The number of aromatic amines is 1. The van der Waals surface area contributed by atoms with E-state index in [1.165, 1.54) is 10.4 Å². The van der Waals surface area contributed by atoms with Crippen LogP contribution in [0.25, 0.3) is 20.7 Å². The number of hydrogen-bond donors (Lipinski definition) is 1. The topological polar surface area (TPSA) is 32.9 Å². The van der Waals surface area contributed by atoms with Gasteiger partial charge in [0.15, 0.2) is 5.43 Å². The third kappa shape index (κ3) is 1.98. The van der Waals surface area contributed by atoms with Gasteiger partial charge in [-0.1, -0.05) is 44.2 Å². The van der Waals surface area contributed by atoms with Gasteiger partial charge < -0.3 is 4.98 Å². The summed E-state index contributed by atoms with van der Waals surface area (Å²) in [6, 6.07) is 10.2. The second-order valence-corrected chi connectivity index (χ2v) is 6.37. The van der Waals surface area contributed by atoms with E-state index in [1.54, 1.807) is 11.3 Å². The third-order valence-electron chi connectivity index (χ3n) is 3.65. The lowest BCUT2D eigenvalue weighted by Crippen LogP contribution is -2.11. The first-order chi connectivity index (χ1) is 9.59. The zero-order chi connectivity index (χ0) is 14.3. The fourth-order valence-electron chi connectivity index (χ4n) is 2.54. The first-order valence-corrected chi connectivity index (χ1v) is 7.61. The fraction of sp³-hybridized carbons (Fsp3) is 0.235. The average Bonchev–Trinajstić information content (AvgIpc) is 2.78. The first-order valence-electron chi connectivity index (χ1n) is 6.79. The van der Waals surface area contributed by atoms with E-state index in [0.29, 0.717) is 0 Å². The lowest BCUT2D eigenvalue weighted by atomic mass is 10.0. The Balaban J connectivity index is 2.32. The van der Waals surface area contributed by atoms with Crippen LogP contribution in [0.4, 0.5) is 0 Å². The van der Waals surface area contributed by atoms with Crippen LogP contribution in [0.2, 0.25) is 0 Å². The zero-order valence-electron chi connectivity index (χ0n) is 11.9. The SMILES string of the molecule is Cc1c(-c2ccccc2)sc2[nH]cc(C(C)C)c(=O)c12. The molecule has 2 aromatic heterocycles. The van der Waals surface area contributed by atoms with E-state index in [9.17, 15) is 4.79 Å². The van der Waals surface area contributed by atoms with Crippen LogP contribution in [0.15, 0.2) is 41.3 Å². The van der Waals surface area contributed by atoms with Gasteiger partial charge in [-0.3, -0.25) is 4.79 Å². The van der Waals surface area contributed by atoms with E-state index < -0.39 is 0 Å². The Morgan fingerprint density at radius 1 is 1.15 bits per heavy atom. The second kappa shape index (κ2) is 4.91. The molecule has 1 aromatic carbocycles. The quantitative estimate of drug-likeness (QED) is 0.727. The molecule has 3 aromatic rings. The molecule has 2 heterocycles. The van der Waals surface area contributed by atoms with Crippen LogP contribution in [-0.2, 0) is 0 Å². The van der Waals surface area contributed by atoms with Crippen molar-refractivity contribution < 1.29 is 0 Å². The molecule has 0 aliphatic carbocycles. The van der Waals surface area contributed by atoms with Crippen molar-refractivity contribution in [2.75, 3.05) is 0 Å². The number of fused-ring (bicyclic) bond motifs is 1. The third-order valence-corrected chi connectivity index (χ3v) is 4.92. The van der Waals surface area contributed by atoms with Crippen LogP contribution in [0, 0.1) is 6.92 Å². The molecule has 0 bridgehead atoms. The zero-order valence-corrected chi connectivity index (χ0v) is 12.7. The molecule has 102 valence electrons. The van der Waals surface area contributed by atoms with Gasteiger partial charge in [-0.2, -0.15) is 0 Å². The summed E-state index contributed by atoms with van der Waals surface area (Å²) >= 11 is 1.66. The molecule has 3 heteroatoms. The van der Waals surface area contributed by atoms with Crippen molar-refractivity contribution >= 4 is 21.6 Å². The van der Waals surface area contributed by atoms with Gasteiger partial charge >= 0.3 is 0 Å². The van der Waals surface area contributed by atoms with Crippen LogP contribution in [0.3, 0.4) is 0 Å². The lowest BCUT2D eigenvalue weighted by Gasteiger charge is -2.04. The number of aromatic nitrogens is 1. The minimum absolute atomic E-state index is 0.171. The summed E-state index contributed by atoms with van der Waals surface area (Å²) in [5.74, 6) is 0.239. The van der Waals surface area contributed by atoms with E-state index in [0.717, 1.165) is 21.3 Å². The summed E-state index contributed by atoms with van der Waals surface area (Å²) in [7, 11) is 0. The van der Waals surface area contributed by atoms with E-state index in [4.69, 9.17) is 0 Å². The van der Waals surface area contributed by atoms with Gasteiger partial charge in [0.2, 0.25) is 0 Å². The molecule has 0 saturated heterocycles. The molecule has 0 radical (unpaired) electrons. The summed E-state index contributed by atoms with van der Waals surface area (Å²) in [5.41, 5.74) is 3.28. The van der Waals surface area contributed by atoms with E-state index in [1.807, 2.05) is 31.3 Å². The van der Waals surface area contributed by atoms with Crippen LogP contribution in [0.1, 0.15) is 30.9 Å². The van der Waals surface area contributed by atoms with Crippen molar-refractivity contribution in [3.05, 3.63) is 57.9 Å². The van der Waals surface area contributed by atoms with Crippen LogP contribution in [-0.4, -0.2) is 4.98 Å². The minimum Gasteiger partial charge on any atom is -0.352 e. The molecule has 0 amide bonds. The maximum atomic E-state index is 12.6. The molecule has 0 atom stereocenters. The fourth-order valence-corrected chi connectivity index (χ4v) is 3.71. The van der Waals surface area contributed by atoms with Gasteiger partial charge in [-0.25, -0.2) is 0 Å². The molecule has 0 aliphatic heterocycles. The van der Waals surface area contributed by atoms with Gasteiger partial charge in [0.05, 0.1) is 5.39 Å². The van der Waals surface area contributed by atoms with Gasteiger partial charge in [-0.05, 0) is 24.0 Å². The maximum Gasteiger partial charge on any atom is 0.193 e. The lowest BCUT2D eigenvalue weighted by molar-refractivity contribution is 0.853. The van der Waals surface area contributed by atoms with Gasteiger partial charge in [0, 0.05) is 16.6 Å². The van der Waals surface area contributed by atoms with Crippen molar-refractivity contribution in [1.29, 1.82) is 0 Å². The smallest absolute Gasteiger partial charge is 0.193 e. The summed E-state index contributed by atoms with van der Waals surface area (Å²) in [4.78, 5) is 18.1. The number of aryl methyl sites for hydroxylation is 1. The minimum atomic E-state index is 0.171. The van der Waals surface area contributed by atoms with Crippen molar-refractivity contribution in [1.82, 2.24) is 4.98 Å². The largest absolute Gasteiger partial charge is 0.352 e. The van der Waals surface area contributed by atoms with Crippen LogP contribution in [0.5, 0.6) is 0 Å².